The Bertz CT molecular complexity index is 1100. The van der Waals surface area contributed by atoms with Crippen molar-refractivity contribution in [3.63, 3.8) is 0 Å². The van der Waals surface area contributed by atoms with Crippen molar-refractivity contribution in [1.29, 1.82) is 0 Å². The predicted molar refractivity (Wildman–Crippen MR) is 144 cm³/mol. The van der Waals surface area contributed by atoms with Gasteiger partial charge in [0.1, 0.15) is 6.54 Å². The predicted octanol–water partition coefficient (Wildman–Crippen LogP) is 4.55. The summed E-state index contributed by atoms with van der Waals surface area (Å²) in [6.45, 7) is 5.98. The molecule has 2 aliphatic rings. The maximum absolute atomic E-state index is 13.6. The van der Waals surface area contributed by atoms with Crippen LogP contribution in [-0.4, -0.2) is 67.0 Å². The number of carbonyl (C=O) groups excluding carboxylic acids is 3. The quantitative estimate of drug-likeness (QED) is 0.442. The van der Waals surface area contributed by atoms with Gasteiger partial charge in [-0.25, -0.2) is 4.79 Å². The van der Waals surface area contributed by atoms with Gasteiger partial charge in [-0.3, -0.25) is 9.59 Å². The van der Waals surface area contributed by atoms with E-state index in [0.29, 0.717) is 28.8 Å². The molecule has 0 saturated carbocycles. The second-order valence-electron chi connectivity index (χ2n) is 10.7. The summed E-state index contributed by atoms with van der Waals surface area (Å²) in [7, 11) is 1.34. The molecule has 0 bridgehead atoms. The van der Waals surface area contributed by atoms with Crippen LogP contribution in [-0.2, 0) is 20.9 Å². The van der Waals surface area contributed by atoms with Crippen LogP contribution >= 0.6 is 0 Å². The number of nitrogens with one attached hydrogen (secondary N) is 1. The molecule has 2 aromatic carbocycles. The largest absolute Gasteiger partial charge is 0.465 e. The molecule has 2 aromatic rings. The first-order valence-electron chi connectivity index (χ1n) is 13.6. The van der Waals surface area contributed by atoms with Gasteiger partial charge in [0.25, 0.3) is 5.91 Å². The normalized spacial score (nSPS) is 22.1. The molecule has 0 radical (unpaired) electrons. The number of para-hydroxylation sites is 1. The smallest absolute Gasteiger partial charge is 0.339 e. The van der Waals surface area contributed by atoms with Gasteiger partial charge < -0.3 is 19.4 Å². The molecule has 0 aliphatic carbocycles. The van der Waals surface area contributed by atoms with Crippen LogP contribution in [0.1, 0.15) is 60.0 Å². The molecule has 7 nitrogen and oxygen atoms in total. The third-order valence-corrected chi connectivity index (χ3v) is 7.84. The number of aryl methyl sites for hydroxylation is 1. The van der Waals surface area contributed by atoms with Crippen LogP contribution in [0, 0.1) is 12.8 Å². The summed E-state index contributed by atoms with van der Waals surface area (Å²) >= 11 is 0. The minimum absolute atomic E-state index is 0.0764. The van der Waals surface area contributed by atoms with Gasteiger partial charge in [0.15, 0.2) is 6.54 Å². The molecule has 7 heteroatoms. The number of rotatable bonds is 7. The van der Waals surface area contributed by atoms with Crippen molar-refractivity contribution in [3.8, 4) is 0 Å². The zero-order chi connectivity index (χ0) is 26.3. The van der Waals surface area contributed by atoms with Crippen LogP contribution in [0.2, 0.25) is 0 Å². The molecule has 198 valence electrons. The van der Waals surface area contributed by atoms with E-state index in [2.05, 4.69) is 22.3 Å². The van der Waals surface area contributed by atoms with Gasteiger partial charge in [0, 0.05) is 18.7 Å². The van der Waals surface area contributed by atoms with Gasteiger partial charge in [-0.15, -0.1) is 0 Å². The third kappa shape index (κ3) is 6.77. The Hall–Kier alpha value is -3.19. The lowest BCUT2D eigenvalue weighted by molar-refractivity contribution is -0.940. The van der Waals surface area contributed by atoms with Crippen molar-refractivity contribution in [3.05, 3.63) is 65.2 Å². The summed E-state index contributed by atoms with van der Waals surface area (Å²) in [4.78, 5) is 41.5. The van der Waals surface area contributed by atoms with Crippen LogP contribution < -0.4 is 5.32 Å². The Kier molecular flexibility index (Phi) is 8.98. The summed E-state index contributed by atoms with van der Waals surface area (Å²) in [5.41, 5.74) is 2.80. The molecule has 2 amide bonds. The van der Waals surface area contributed by atoms with Crippen LogP contribution in [0.25, 0.3) is 0 Å². The molecular weight excluding hydrogens is 466 g/mol. The number of carbonyl (C=O) groups is 3. The van der Waals surface area contributed by atoms with E-state index in [1.807, 2.05) is 31.2 Å². The molecule has 2 saturated heterocycles. The van der Waals surface area contributed by atoms with Gasteiger partial charge in [0.05, 0.1) is 37.4 Å². The summed E-state index contributed by atoms with van der Waals surface area (Å²) in [6, 6.07) is 15.5. The number of amides is 2. The number of benzene rings is 2. The lowest BCUT2D eigenvalue weighted by atomic mass is 9.93. The lowest BCUT2D eigenvalue weighted by Crippen LogP contribution is -2.59. The van der Waals surface area contributed by atoms with Gasteiger partial charge in [-0.2, -0.15) is 0 Å². The Morgan fingerprint density at radius 3 is 2.41 bits per heavy atom. The van der Waals surface area contributed by atoms with Gasteiger partial charge >= 0.3 is 5.97 Å². The number of likely N-dealkylation sites (tertiary alicyclic amines) is 2. The average molecular weight is 507 g/mol. The van der Waals surface area contributed by atoms with E-state index in [1.165, 1.54) is 20.0 Å². The SMILES string of the molecule is COC(=O)c1cccc(C)c1NC(=O)C[N+]1(Cc2ccccc2)CCCC(C(=O)N2CCCCCC2)C1. The Balaban J connectivity index is 1.56. The topological polar surface area (TPSA) is 75.7 Å². The summed E-state index contributed by atoms with van der Waals surface area (Å²) in [6.07, 6.45) is 6.30. The lowest BCUT2D eigenvalue weighted by Gasteiger charge is -2.44. The van der Waals surface area contributed by atoms with Gasteiger partial charge in [-0.05, 0) is 44.2 Å². The Labute approximate surface area is 220 Å². The highest BCUT2D eigenvalue weighted by Crippen LogP contribution is 2.29. The van der Waals surface area contributed by atoms with Crippen molar-refractivity contribution < 1.29 is 23.6 Å². The van der Waals surface area contributed by atoms with E-state index in [-0.39, 0.29) is 24.3 Å². The fourth-order valence-corrected chi connectivity index (χ4v) is 5.99. The number of methoxy groups -OCH3 is 1. The highest BCUT2D eigenvalue weighted by Gasteiger charge is 2.41. The van der Waals surface area contributed by atoms with Crippen LogP contribution in [0.15, 0.2) is 48.5 Å². The standard InChI is InChI=1S/C30H39N3O4/c1-23-12-10-16-26(30(36)37-2)28(23)31-27(34)22-33(20-24-13-6-5-7-14-24)19-11-15-25(21-33)29(35)32-17-8-3-4-9-18-32/h5-7,10,12-14,16,25H,3-4,8-9,11,15,17-22H2,1-2H3/p+1. The highest BCUT2D eigenvalue weighted by molar-refractivity contribution is 6.02. The second-order valence-corrected chi connectivity index (χ2v) is 10.7. The third-order valence-electron chi connectivity index (χ3n) is 7.84. The minimum Gasteiger partial charge on any atom is -0.465 e. The first-order chi connectivity index (χ1) is 17.9. The minimum atomic E-state index is -0.478. The van der Waals surface area contributed by atoms with Gasteiger partial charge in [0.2, 0.25) is 5.91 Å². The van der Waals surface area contributed by atoms with Crippen molar-refractivity contribution in [2.24, 2.45) is 5.92 Å². The monoisotopic (exact) mass is 506 g/mol. The molecule has 1 N–H and O–H groups in total. The van der Waals surface area contributed by atoms with E-state index >= 15 is 0 Å². The fourth-order valence-electron chi connectivity index (χ4n) is 5.99. The number of anilines is 1. The van der Waals surface area contributed by atoms with E-state index in [4.69, 9.17) is 4.74 Å². The second kappa shape index (κ2) is 12.4. The molecule has 37 heavy (non-hydrogen) atoms. The van der Waals surface area contributed by atoms with E-state index in [9.17, 15) is 14.4 Å². The number of esters is 1. The number of nitrogens with zero attached hydrogens (tertiary/aromatic N) is 2. The first-order valence-corrected chi connectivity index (χ1v) is 13.6. The molecule has 2 aliphatic heterocycles. The molecule has 2 unspecified atom stereocenters. The van der Waals surface area contributed by atoms with E-state index in [0.717, 1.165) is 56.4 Å². The van der Waals surface area contributed by atoms with Crippen molar-refractivity contribution in [2.45, 2.75) is 52.0 Å². The molecular formula is C30H40N3O4+. The van der Waals surface area contributed by atoms with Crippen LogP contribution in [0.5, 0.6) is 0 Å². The van der Waals surface area contributed by atoms with E-state index < -0.39 is 5.97 Å². The fraction of sp³-hybridized carbons (Fsp3) is 0.500. The number of hydrogen-bond donors (Lipinski definition) is 1. The van der Waals surface area contributed by atoms with Crippen molar-refractivity contribution in [2.75, 3.05) is 45.2 Å². The van der Waals surface area contributed by atoms with Crippen molar-refractivity contribution >= 4 is 23.5 Å². The highest BCUT2D eigenvalue weighted by atomic mass is 16.5. The number of ether oxygens (including phenoxy) is 1. The molecule has 2 atom stereocenters. The summed E-state index contributed by atoms with van der Waals surface area (Å²) in [5, 5.41) is 3.02. The molecule has 2 heterocycles. The maximum Gasteiger partial charge on any atom is 0.339 e. The summed E-state index contributed by atoms with van der Waals surface area (Å²) in [5.74, 6) is -0.455. The summed E-state index contributed by atoms with van der Waals surface area (Å²) < 4.78 is 5.46. The maximum atomic E-state index is 13.6. The van der Waals surface area contributed by atoms with Crippen LogP contribution in [0.4, 0.5) is 5.69 Å². The molecule has 0 aromatic heterocycles. The zero-order valence-corrected chi connectivity index (χ0v) is 22.2. The molecule has 0 spiro atoms. The number of piperidine rings is 1. The molecule has 2 fully saturated rings. The molecule has 4 rings (SSSR count). The van der Waals surface area contributed by atoms with E-state index in [1.54, 1.807) is 12.1 Å². The number of quaternary nitrogens is 1. The first kappa shape index (κ1) is 26.9. The average Bonchev–Trinajstić information content (AvgIpc) is 3.19. The Morgan fingerprint density at radius 1 is 0.973 bits per heavy atom. The number of hydrogen-bond acceptors (Lipinski definition) is 4. The van der Waals surface area contributed by atoms with Crippen molar-refractivity contribution in [1.82, 2.24) is 4.90 Å². The van der Waals surface area contributed by atoms with Crippen LogP contribution in [0.3, 0.4) is 0 Å². The van der Waals surface area contributed by atoms with Gasteiger partial charge in [-0.1, -0.05) is 55.3 Å². The Morgan fingerprint density at radius 2 is 1.70 bits per heavy atom. The zero-order valence-electron chi connectivity index (χ0n) is 22.2.